The minimum absolute atomic E-state index is 0.121. The number of hydrogen-bond acceptors (Lipinski definition) is 4. The number of benzene rings is 1. The van der Waals surface area contributed by atoms with Crippen LogP contribution in [0.3, 0.4) is 0 Å². The minimum atomic E-state index is -0.360. The molecule has 1 aliphatic heterocycles. The number of amides is 2. The molecule has 3 rings (SSSR count). The van der Waals surface area contributed by atoms with E-state index in [1.807, 2.05) is 55.5 Å². The van der Waals surface area contributed by atoms with Crippen LogP contribution in [0.25, 0.3) is 0 Å². The number of hydrogen-bond donors (Lipinski definition) is 1. The monoisotopic (exact) mass is 424 g/mol. The van der Waals surface area contributed by atoms with Crippen LogP contribution >= 0.6 is 0 Å². The van der Waals surface area contributed by atoms with Gasteiger partial charge >= 0.3 is 0 Å². The molecule has 0 saturated heterocycles. The molecule has 1 N–H and O–H groups in total. The lowest BCUT2D eigenvalue weighted by Crippen LogP contribution is -2.41. The van der Waals surface area contributed by atoms with Crippen molar-refractivity contribution in [3.63, 3.8) is 0 Å². The van der Waals surface area contributed by atoms with Gasteiger partial charge in [-0.3, -0.25) is 14.4 Å². The van der Waals surface area contributed by atoms with Crippen LogP contribution in [0.5, 0.6) is 0 Å². The zero-order valence-electron chi connectivity index (χ0n) is 18.7. The van der Waals surface area contributed by atoms with Crippen LogP contribution in [0, 0.1) is 0 Å². The van der Waals surface area contributed by atoms with E-state index < -0.39 is 0 Å². The Hall–Kier alpha value is -2.93. The third kappa shape index (κ3) is 5.61. The molecule has 0 atom stereocenters. The second kappa shape index (κ2) is 10.4. The minimum Gasteiger partial charge on any atom is -0.355 e. The molecule has 0 saturated carbocycles. The highest BCUT2D eigenvalue weighted by Crippen LogP contribution is 2.22. The predicted octanol–water partition coefficient (Wildman–Crippen LogP) is 1.68. The summed E-state index contributed by atoms with van der Waals surface area (Å²) in [7, 11) is 5.53. The Bertz CT molecular complexity index is 982. The van der Waals surface area contributed by atoms with Crippen LogP contribution in [0.4, 0.5) is 0 Å². The highest BCUT2D eigenvalue weighted by Gasteiger charge is 2.27. The molecule has 0 aliphatic carbocycles. The number of pyridine rings is 1. The number of fused-ring (bicyclic) bond motifs is 1. The van der Waals surface area contributed by atoms with Crippen LogP contribution in [-0.4, -0.2) is 60.4 Å². The van der Waals surface area contributed by atoms with Crippen molar-refractivity contribution in [3.8, 4) is 0 Å². The largest absolute Gasteiger partial charge is 0.355 e. The van der Waals surface area contributed by atoms with Gasteiger partial charge in [-0.25, -0.2) is 0 Å². The van der Waals surface area contributed by atoms with E-state index in [2.05, 4.69) is 10.2 Å². The Morgan fingerprint density at radius 3 is 2.58 bits per heavy atom. The first-order chi connectivity index (χ1) is 14.9. The van der Waals surface area contributed by atoms with Crippen molar-refractivity contribution in [2.24, 2.45) is 0 Å². The molecular weight excluding hydrogens is 392 g/mol. The fourth-order valence-electron chi connectivity index (χ4n) is 4.05. The average Bonchev–Trinajstić information content (AvgIpc) is 2.77. The van der Waals surface area contributed by atoms with Crippen molar-refractivity contribution in [1.29, 1.82) is 0 Å². The van der Waals surface area contributed by atoms with Gasteiger partial charge in [0.2, 0.25) is 5.91 Å². The number of nitrogens with zero attached hydrogens (tertiary/aromatic N) is 3. The predicted molar refractivity (Wildman–Crippen MR) is 121 cm³/mol. The van der Waals surface area contributed by atoms with Crippen molar-refractivity contribution >= 4 is 11.8 Å². The van der Waals surface area contributed by atoms with Crippen LogP contribution in [0.1, 0.15) is 39.9 Å². The fourth-order valence-corrected chi connectivity index (χ4v) is 4.05. The second-order valence-corrected chi connectivity index (χ2v) is 8.29. The first-order valence-electron chi connectivity index (χ1n) is 10.8. The summed E-state index contributed by atoms with van der Waals surface area (Å²) >= 11 is 0. The third-order valence-corrected chi connectivity index (χ3v) is 5.76. The van der Waals surface area contributed by atoms with E-state index in [0.717, 1.165) is 29.7 Å². The van der Waals surface area contributed by atoms with Crippen molar-refractivity contribution in [2.75, 3.05) is 34.2 Å². The quantitative estimate of drug-likeness (QED) is 0.700. The molecule has 0 unspecified atom stereocenters. The lowest BCUT2D eigenvalue weighted by molar-refractivity contribution is -0.132. The molecule has 1 aliphatic rings. The van der Waals surface area contributed by atoms with Gasteiger partial charge in [-0.05, 0) is 56.6 Å². The summed E-state index contributed by atoms with van der Waals surface area (Å²) in [6.07, 6.45) is 4.37. The molecule has 0 fully saturated rings. The SMILES string of the molecule is CNC(=O)c1c2c(cn(CCc3ccccc3)c1=O)CN(C(=O)CCCN(C)C)CC2. The molecule has 0 bridgehead atoms. The van der Waals surface area contributed by atoms with E-state index in [4.69, 9.17) is 0 Å². The molecule has 7 heteroatoms. The zero-order valence-corrected chi connectivity index (χ0v) is 18.7. The van der Waals surface area contributed by atoms with Crippen molar-refractivity contribution in [3.05, 3.63) is 69.1 Å². The summed E-state index contributed by atoms with van der Waals surface area (Å²) in [5.41, 5.74) is 2.75. The third-order valence-electron chi connectivity index (χ3n) is 5.76. The van der Waals surface area contributed by atoms with Crippen molar-refractivity contribution in [2.45, 2.75) is 38.8 Å². The van der Waals surface area contributed by atoms with Crippen LogP contribution in [-0.2, 0) is 30.7 Å². The molecule has 2 amide bonds. The van der Waals surface area contributed by atoms with Gasteiger partial charge in [0.25, 0.3) is 11.5 Å². The maximum Gasteiger partial charge on any atom is 0.263 e. The molecule has 2 aromatic rings. The number of carbonyl (C=O) groups is 2. The molecule has 7 nitrogen and oxygen atoms in total. The Balaban J connectivity index is 1.84. The first-order valence-corrected chi connectivity index (χ1v) is 10.8. The molecule has 0 radical (unpaired) electrons. The number of aryl methyl sites for hydroxylation is 2. The van der Waals surface area contributed by atoms with Gasteiger partial charge in [-0.1, -0.05) is 30.3 Å². The number of nitrogens with one attached hydrogen (secondary N) is 1. The van der Waals surface area contributed by atoms with Crippen LogP contribution in [0.15, 0.2) is 41.3 Å². The van der Waals surface area contributed by atoms with Crippen LogP contribution < -0.4 is 10.9 Å². The smallest absolute Gasteiger partial charge is 0.263 e. The molecule has 31 heavy (non-hydrogen) atoms. The van der Waals surface area contributed by atoms with E-state index in [1.165, 1.54) is 0 Å². The Morgan fingerprint density at radius 1 is 1.16 bits per heavy atom. The molecule has 1 aromatic heterocycles. The highest BCUT2D eigenvalue weighted by molar-refractivity contribution is 5.95. The van der Waals surface area contributed by atoms with E-state index in [-0.39, 0.29) is 22.9 Å². The van der Waals surface area contributed by atoms with Gasteiger partial charge in [0.05, 0.1) is 0 Å². The summed E-state index contributed by atoms with van der Waals surface area (Å²) in [4.78, 5) is 42.2. The van der Waals surface area contributed by atoms with Gasteiger partial charge in [-0.2, -0.15) is 0 Å². The lowest BCUT2D eigenvalue weighted by atomic mass is 9.95. The number of rotatable bonds is 8. The second-order valence-electron chi connectivity index (χ2n) is 8.29. The standard InChI is InChI=1S/C24H32N4O3/c1-25-23(30)22-20-12-15-27(21(29)10-7-13-26(2)3)16-19(20)17-28(24(22)31)14-11-18-8-5-4-6-9-18/h4-6,8-9,17H,7,10-16H2,1-3H3,(H,25,30). The molecule has 0 spiro atoms. The molecule has 2 heterocycles. The van der Waals surface area contributed by atoms with Gasteiger partial charge in [0, 0.05) is 39.3 Å². The van der Waals surface area contributed by atoms with E-state index >= 15 is 0 Å². The van der Waals surface area contributed by atoms with E-state index in [9.17, 15) is 14.4 Å². The molecule has 166 valence electrons. The molecular formula is C24H32N4O3. The zero-order chi connectivity index (χ0) is 22.4. The summed E-state index contributed by atoms with van der Waals surface area (Å²) in [6, 6.07) is 9.96. The summed E-state index contributed by atoms with van der Waals surface area (Å²) < 4.78 is 1.62. The maximum atomic E-state index is 13.1. The van der Waals surface area contributed by atoms with Crippen molar-refractivity contribution < 1.29 is 9.59 Å². The average molecular weight is 425 g/mol. The van der Waals surface area contributed by atoms with Crippen molar-refractivity contribution in [1.82, 2.24) is 19.7 Å². The van der Waals surface area contributed by atoms with Gasteiger partial charge in [0.15, 0.2) is 0 Å². The number of aromatic nitrogens is 1. The fraction of sp³-hybridized carbons (Fsp3) is 0.458. The topological polar surface area (TPSA) is 74.6 Å². The molecule has 1 aromatic carbocycles. The first kappa shape index (κ1) is 22.7. The van der Waals surface area contributed by atoms with Crippen LogP contribution in [0.2, 0.25) is 0 Å². The highest BCUT2D eigenvalue weighted by atomic mass is 16.2. The Morgan fingerprint density at radius 2 is 1.90 bits per heavy atom. The Labute approximate surface area is 183 Å². The summed E-state index contributed by atoms with van der Waals surface area (Å²) in [6.45, 7) is 2.32. The maximum absolute atomic E-state index is 13.1. The Kier molecular flexibility index (Phi) is 7.63. The van der Waals surface area contributed by atoms with Gasteiger partial charge in [0.1, 0.15) is 5.56 Å². The lowest BCUT2D eigenvalue weighted by Gasteiger charge is -2.30. The van der Waals surface area contributed by atoms with E-state index in [0.29, 0.717) is 38.9 Å². The summed E-state index contributed by atoms with van der Waals surface area (Å²) in [5, 5.41) is 2.61. The summed E-state index contributed by atoms with van der Waals surface area (Å²) in [5.74, 6) is -0.239. The normalized spacial score (nSPS) is 13.2. The van der Waals surface area contributed by atoms with Gasteiger partial charge < -0.3 is 19.7 Å². The van der Waals surface area contributed by atoms with E-state index in [1.54, 1.807) is 11.6 Å². The number of carbonyl (C=O) groups excluding carboxylic acids is 2. The van der Waals surface area contributed by atoms with Gasteiger partial charge in [-0.15, -0.1) is 0 Å².